The molecule has 0 N–H and O–H groups in total. The summed E-state index contributed by atoms with van der Waals surface area (Å²) >= 11 is 0. The number of Topliss-reactive ketones (excluding diaryl/α,β-unsaturated/α-hetero) is 1. The normalized spacial score (nSPS) is 13.0. The lowest BCUT2D eigenvalue weighted by molar-refractivity contribution is -0.117. The molecule has 44 heavy (non-hydrogen) atoms. The lowest BCUT2D eigenvalue weighted by Gasteiger charge is -2.21. The second-order valence-corrected chi connectivity index (χ2v) is 20.2. The Hall–Kier alpha value is -4.04. The van der Waals surface area contributed by atoms with Gasteiger partial charge in [-0.2, -0.15) is 5.26 Å². The second kappa shape index (κ2) is 11.8. The summed E-state index contributed by atoms with van der Waals surface area (Å²) < 4.78 is 37.0. The summed E-state index contributed by atoms with van der Waals surface area (Å²) in [5.41, 5.74) is 5.68. The van der Waals surface area contributed by atoms with Crippen molar-refractivity contribution in [3.63, 3.8) is 0 Å². The monoisotopic (exact) mass is 626 g/mol. The number of hydrogen-bond donors (Lipinski definition) is 0. The van der Waals surface area contributed by atoms with Crippen LogP contribution in [0.1, 0.15) is 46.5 Å². The lowest BCUT2D eigenvalue weighted by atomic mass is 9.87. The van der Waals surface area contributed by atoms with Gasteiger partial charge in [0.15, 0.2) is 0 Å². The Balaban J connectivity index is 1.71. The summed E-state index contributed by atoms with van der Waals surface area (Å²) in [6.45, 7) is 14.9. The number of nitriles is 1. The van der Waals surface area contributed by atoms with Gasteiger partial charge < -0.3 is 9.30 Å². The zero-order valence-electron chi connectivity index (χ0n) is 26.3. The van der Waals surface area contributed by atoms with E-state index in [2.05, 4.69) is 25.7 Å². The van der Waals surface area contributed by atoms with Crippen LogP contribution in [0.25, 0.3) is 21.9 Å². The van der Waals surface area contributed by atoms with Gasteiger partial charge in [-0.15, -0.1) is 0 Å². The van der Waals surface area contributed by atoms with Crippen molar-refractivity contribution in [3.05, 3.63) is 94.4 Å². The molecule has 0 bridgehead atoms. The molecule has 0 fully saturated rings. The van der Waals surface area contributed by atoms with Crippen molar-refractivity contribution in [1.29, 1.82) is 5.26 Å². The Kier molecular flexibility index (Phi) is 8.42. The average Bonchev–Trinajstić information content (AvgIpc) is 3.55. The number of imidazole rings is 1. The maximum absolute atomic E-state index is 13.8. The molecule has 8 nitrogen and oxygen atoms in total. The molecule has 1 atom stereocenters. The van der Waals surface area contributed by atoms with Crippen molar-refractivity contribution in [2.24, 2.45) is 0 Å². The highest BCUT2D eigenvalue weighted by Gasteiger charge is 2.31. The number of carbonyl (C=O) groups excluding carboxylic acids is 1. The van der Waals surface area contributed by atoms with E-state index in [4.69, 9.17) is 9.72 Å². The molecular weight excluding hydrogens is 589 g/mol. The first-order valence-corrected chi connectivity index (χ1v) is 19.8. The quantitative estimate of drug-likeness (QED) is 0.121. The number of ether oxygens (including phenoxy) is 1. The minimum absolute atomic E-state index is 0.133. The molecule has 2 aromatic heterocycles. The zero-order chi connectivity index (χ0) is 32.0. The van der Waals surface area contributed by atoms with E-state index in [1.54, 1.807) is 54.7 Å². The Morgan fingerprint density at radius 2 is 1.73 bits per heavy atom. The summed E-state index contributed by atoms with van der Waals surface area (Å²) in [5.74, 6) is -0.431. The Bertz CT molecular complexity index is 2050. The molecule has 0 radical (unpaired) electrons. The van der Waals surface area contributed by atoms with Gasteiger partial charge in [0, 0.05) is 26.3 Å². The number of fused-ring (bicyclic) bond motifs is 2. The van der Waals surface area contributed by atoms with Gasteiger partial charge in [0.05, 0.1) is 33.1 Å². The maximum atomic E-state index is 13.8. The molecule has 0 aliphatic heterocycles. The molecule has 0 aliphatic carbocycles. The van der Waals surface area contributed by atoms with Gasteiger partial charge in [0.2, 0.25) is 0 Å². The molecule has 10 heteroatoms. The Morgan fingerprint density at radius 1 is 1.02 bits per heavy atom. The van der Waals surface area contributed by atoms with Crippen LogP contribution in [0.4, 0.5) is 0 Å². The smallest absolute Gasteiger partial charge is 0.268 e. The molecule has 5 rings (SSSR count). The fraction of sp³-hybridized carbons (Fsp3) is 0.324. The molecule has 0 saturated carbocycles. The molecule has 0 spiro atoms. The van der Waals surface area contributed by atoms with E-state index in [1.807, 2.05) is 31.4 Å². The molecule has 0 amide bonds. The van der Waals surface area contributed by atoms with Crippen LogP contribution in [0.3, 0.4) is 0 Å². The highest BCUT2D eigenvalue weighted by atomic mass is 32.2. The molecular formula is C34H38N4O4SSi. The maximum Gasteiger partial charge on any atom is 0.268 e. The number of nitrogens with zero attached hydrogens (tertiary/aromatic N) is 4. The molecule has 1 unspecified atom stereocenters. The molecule has 0 aliphatic rings. The van der Waals surface area contributed by atoms with Crippen LogP contribution in [-0.4, -0.2) is 42.4 Å². The van der Waals surface area contributed by atoms with Crippen molar-refractivity contribution >= 4 is 45.8 Å². The second-order valence-electron chi connectivity index (χ2n) is 12.7. The number of aryl methyl sites for hydroxylation is 3. The minimum Gasteiger partial charge on any atom is -0.361 e. The predicted molar refractivity (Wildman–Crippen MR) is 176 cm³/mol. The molecule has 2 heterocycles. The van der Waals surface area contributed by atoms with Crippen LogP contribution in [0.5, 0.6) is 0 Å². The predicted octanol–water partition coefficient (Wildman–Crippen LogP) is 7.06. The van der Waals surface area contributed by atoms with Gasteiger partial charge in [-0.25, -0.2) is 17.4 Å². The minimum atomic E-state index is -3.90. The van der Waals surface area contributed by atoms with Crippen molar-refractivity contribution < 1.29 is 17.9 Å². The van der Waals surface area contributed by atoms with E-state index >= 15 is 0 Å². The molecule has 5 aromatic rings. The van der Waals surface area contributed by atoms with E-state index in [0.717, 1.165) is 22.7 Å². The van der Waals surface area contributed by atoms with Gasteiger partial charge in [-0.3, -0.25) is 4.79 Å². The third kappa shape index (κ3) is 5.87. The third-order valence-electron chi connectivity index (χ3n) is 8.03. The number of carbonyl (C=O) groups is 1. The number of ketones is 1. The Morgan fingerprint density at radius 3 is 2.36 bits per heavy atom. The third-order valence-corrected chi connectivity index (χ3v) is 11.4. The van der Waals surface area contributed by atoms with E-state index in [0.29, 0.717) is 45.5 Å². The number of aromatic nitrogens is 3. The zero-order valence-corrected chi connectivity index (χ0v) is 28.1. The highest BCUT2D eigenvalue weighted by Crippen LogP contribution is 2.38. The van der Waals surface area contributed by atoms with Gasteiger partial charge in [-0.05, 0) is 86.8 Å². The number of benzene rings is 3. The van der Waals surface area contributed by atoms with Crippen LogP contribution in [0.15, 0.2) is 65.7 Å². The molecule has 3 aromatic carbocycles. The van der Waals surface area contributed by atoms with E-state index < -0.39 is 24.0 Å². The van der Waals surface area contributed by atoms with Gasteiger partial charge in [-0.1, -0.05) is 43.4 Å². The van der Waals surface area contributed by atoms with E-state index in [1.165, 1.54) is 10.9 Å². The van der Waals surface area contributed by atoms with Crippen molar-refractivity contribution in [2.75, 3.05) is 6.61 Å². The number of hydrogen-bond acceptors (Lipinski definition) is 6. The average molecular weight is 627 g/mol. The summed E-state index contributed by atoms with van der Waals surface area (Å²) in [5, 5.41) is 10.3. The highest BCUT2D eigenvalue weighted by molar-refractivity contribution is 7.90. The first-order chi connectivity index (χ1) is 20.7. The molecule has 228 valence electrons. The van der Waals surface area contributed by atoms with Crippen molar-refractivity contribution in [1.82, 2.24) is 13.5 Å². The van der Waals surface area contributed by atoms with Gasteiger partial charge in [0.1, 0.15) is 24.3 Å². The van der Waals surface area contributed by atoms with Crippen molar-refractivity contribution in [3.8, 4) is 6.07 Å². The van der Waals surface area contributed by atoms with Crippen LogP contribution >= 0.6 is 0 Å². The fourth-order valence-electron chi connectivity index (χ4n) is 5.72. The van der Waals surface area contributed by atoms with Crippen LogP contribution < -0.4 is 0 Å². The summed E-state index contributed by atoms with van der Waals surface area (Å²) in [4.78, 5) is 18.8. The number of rotatable bonds is 10. The van der Waals surface area contributed by atoms with Gasteiger partial charge in [0.25, 0.3) is 10.0 Å². The van der Waals surface area contributed by atoms with E-state index in [9.17, 15) is 18.5 Å². The van der Waals surface area contributed by atoms with Crippen LogP contribution in [0.2, 0.25) is 25.7 Å². The van der Waals surface area contributed by atoms with Crippen molar-refractivity contribution in [2.45, 2.75) is 70.9 Å². The topological polar surface area (TPSA) is 107 Å². The standard InChI is InChI=1S/C34H38N4O4SSi/c1-22-8-11-27(12-9-22)43(40,41)38-15-14-28-31(23(2)18-24(3)33(28)38)32(25(4)39)34-36-29-13-10-26(20-35)19-30(29)37(34)21-42-16-17-44(5,6)7/h8-15,18-19,32H,16-17,21H2,1-7H3. The fourth-order valence-corrected chi connectivity index (χ4v) is 7.89. The first kappa shape index (κ1) is 31.4. The summed E-state index contributed by atoms with van der Waals surface area (Å²) in [6.07, 6.45) is 1.56. The van der Waals surface area contributed by atoms with E-state index in [-0.39, 0.29) is 17.4 Å². The summed E-state index contributed by atoms with van der Waals surface area (Å²) in [6, 6.07) is 18.9. The van der Waals surface area contributed by atoms with Gasteiger partial charge >= 0.3 is 0 Å². The van der Waals surface area contributed by atoms with Crippen LogP contribution in [-0.2, 0) is 26.3 Å². The molecule has 0 saturated heterocycles. The summed E-state index contributed by atoms with van der Waals surface area (Å²) in [7, 11) is -5.24. The SMILES string of the molecule is CC(=O)C(c1c(C)cc(C)c2c1ccn2S(=O)(=O)c1ccc(C)cc1)c1nc2ccc(C#N)cc2n1COCC[Si](C)(C)C. The lowest BCUT2D eigenvalue weighted by Crippen LogP contribution is -2.23. The first-order valence-electron chi connectivity index (χ1n) is 14.6. The Labute approximate surface area is 260 Å². The largest absolute Gasteiger partial charge is 0.361 e. The van der Waals surface area contributed by atoms with Crippen LogP contribution in [0, 0.1) is 32.1 Å².